The number of aliphatic imine (C=N–C) groups is 1. The summed E-state index contributed by atoms with van der Waals surface area (Å²) in [6, 6.07) is -12.7. The third-order valence-corrected chi connectivity index (χ3v) is 11.8. The predicted octanol–water partition coefficient (Wildman–Crippen LogP) is -6.84. The zero-order valence-electron chi connectivity index (χ0n) is 44.5. The number of carbonyl (C=O) groups excluding carboxylic acids is 10. The van der Waals surface area contributed by atoms with Gasteiger partial charge in [-0.1, -0.05) is 34.1 Å². The second-order valence-electron chi connectivity index (χ2n) is 18.7. The number of nitrogens with one attached hydrogen (secondary N) is 9. The Hall–Kier alpha value is -7.25. The van der Waals surface area contributed by atoms with Crippen LogP contribution in [0.1, 0.15) is 112 Å². The average Bonchev–Trinajstić information content (AvgIpc) is 3.35. The molecule has 10 atom stereocenters. The smallest absolute Gasteiger partial charge is 0.328 e. The first-order valence-corrected chi connectivity index (χ1v) is 25.4. The van der Waals surface area contributed by atoms with Crippen molar-refractivity contribution >= 4 is 77.0 Å². The van der Waals surface area contributed by atoms with Gasteiger partial charge in [0.05, 0.1) is 25.6 Å². The fourth-order valence-corrected chi connectivity index (χ4v) is 7.08. The quantitative estimate of drug-likeness (QED) is 0.0154. The van der Waals surface area contributed by atoms with E-state index in [0.717, 1.165) is 0 Å². The van der Waals surface area contributed by atoms with E-state index in [2.05, 4.69) is 52.8 Å². The predicted molar refractivity (Wildman–Crippen MR) is 278 cm³/mol. The Balaban J connectivity index is 6.39. The number of carboxylic acids is 2. The lowest BCUT2D eigenvalue weighted by atomic mass is 9.96. The summed E-state index contributed by atoms with van der Waals surface area (Å²) in [7, 11) is 0. The molecule has 438 valence electrons. The fourth-order valence-electron chi connectivity index (χ4n) is 7.08. The average molecular weight is 1100 g/mol. The molecule has 0 saturated carbocycles. The normalized spacial score (nSPS) is 14.9. The first-order valence-electron chi connectivity index (χ1n) is 25.4. The van der Waals surface area contributed by atoms with Crippen LogP contribution in [0, 0.1) is 11.8 Å². The van der Waals surface area contributed by atoms with Crippen LogP contribution in [0.15, 0.2) is 4.99 Å². The Morgan fingerprint density at radius 3 is 1.45 bits per heavy atom. The molecule has 31 heteroatoms. The molecule has 0 radical (unpaired) electrons. The lowest BCUT2D eigenvalue weighted by Crippen LogP contribution is -2.60. The highest BCUT2D eigenvalue weighted by Gasteiger charge is 2.35. The number of aliphatic carboxylic acids is 2. The van der Waals surface area contributed by atoms with E-state index < -0.39 is 170 Å². The van der Waals surface area contributed by atoms with Crippen LogP contribution in [0.3, 0.4) is 0 Å². The van der Waals surface area contributed by atoms with Gasteiger partial charge in [0.2, 0.25) is 59.1 Å². The number of hydrogen-bond acceptors (Lipinski definition) is 17. The molecule has 0 aliphatic rings. The van der Waals surface area contributed by atoms with E-state index in [1.54, 1.807) is 27.7 Å². The Labute approximate surface area is 446 Å². The van der Waals surface area contributed by atoms with Crippen molar-refractivity contribution in [2.75, 3.05) is 32.8 Å². The lowest BCUT2D eigenvalue weighted by molar-refractivity contribution is -0.143. The highest BCUT2D eigenvalue weighted by Crippen LogP contribution is 2.12. The zero-order chi connectivity index (χ0) is 58.9. The zero-order valence-corrected chi connectivity index (χ0v) is 44.5. The van der Waals surface area contributed by atoms with Crippen molar-refractivity contribution in [3.8, 4) is 0 Å². The Morgan fingerprint density at radius 2 is 1.00 bits per heavy atom. The summed E-state index contributed by atoms with van der Waals surface area (Å²) in [4.78, 5) is 159. The van der Waals surface area contributed by atoms with Gasteiger partial charge in [0.15, 0.2) is 5.96 Å². The number of carboxylic acid groups (broad SMARTS) is 2. The molecule has 0 aliphatic carbocycles. The van der Waals surface area contributed by atoms with Gasteiger partial charge in [0.1, 0.15) is 48.3 Å². The summed E-state index contributed by atoms with van der Waals surface area (Å²) >= 11 is 0. The van der Waals surface area contributed by atoms with E-state index in [4.69, 9.17) is 34.4 Å². The number of nitrogens with two attached hydrogens (primary N) is 6. The van der Waals surface area contributed by atoms with Crippen molar-refractivity contribution in [3.05, 3.63) is 0 Å². The molecule has 24 N–H and O–H groups in total. The van der Waals surface area contributed by atoms with Crippen LogP contribution in [-0.4, -0.2) is 179 Å². The van der Waals surface area contributed by atoms with Gasteiger partial charge in [0.25, 0.3) is 0 Å². The molecule has 0 heterocycles. The minimum atomic E-state index is -1.70. The number of unbranched alkanes of at least 4 members (excludes halogenated alkanes) is 2. The molecule has 0 aromatic carbocycles. The first-order chi connectivity index (χ1) is 36.1. The van der Waals surface area contributed by atoms with Crippen LogP contribution in [0.4, 0.5) is 0 Å². The van der Waals surface area contributed by atoms with E-state index >= 15 is 0 Å². The third-order valence-electron chi connectivity index (χ3n) is 11.8. The molecule has 0 aromatic heterocycles. The minimum absolute atomic E-state index is 0.00103. The van der Waals surface area contributed by atoms with Crippen molar-refractivity contribution in [3.63, 3.8) is 0 Å². The summed E-state index contributed by atoms with van der Waals surface area (Å²) in [6.07, 6.45) is 0.0286. The van der Waals surface area contributed by atoms with Crippen molar-refractivity contribution in [2.24, 2.45) is 51.2 Å². The topological polar surface area (TPSA) is 542 Å². The Morgan fingerprint density at radius 1 is 0.532 bits per heavy atom. The molecule has 10 amide bonds. The highest BCUT2D eigenvalue weighted by atomic mass is 16.4. The number of aliphatic hydroxyl groups is 1. The second kappa shape index (κ2) is 37.5. The van der Waals surface area contributed by atoms with E-state index in [1.807, 2.05) is 0 Å². The minimum Gasteiger partial charge on any atom is -0.481 e. The van der Waals surface area contributed by atoms with Gasteiger partial charge < -0.3 is 97.6 Å². The lowest BCUT2D eigenvalue weighted by Gasteiger charge is -2.28. The summed E-state index contributed by atoms with van der Waals surface area (Å²) in [5.41, 5.74) is 33.0. The number of amides is 10. The molecule has 0 fully saturated rings. The molecule has 31 nitrogen and oxygen atoms in total. The number of carbonyl (C=O) groups is 12. The molecular weight excluding hydrogens is 1020 g/mol. The van der Waals surface area contributed by atoms with Crippen molar-refractivity contribution in [1.29, 1.82) is 0 Å². The van der Waals surface area contributed by atoms with Crippen LogP contribution in [0.25, 0.3) is 0 Å². The molecule has 0 aromatic rings. The van der Waals surface area contributed by atoms with Gasteiger partial charge in [0, 0.05) is 13.0 Å². The maximum absolute atomic E-state index is 13.8. The van der Waals surface area contributed by atoms with Crippen LogP contribution in [0.5, 0.6) is 0 Å². The number of primary amides is 1. The standard InChI is InChI=1S/C46H84N16O15/c1-6-24(4)36(62-44(75)35(23(2)3)61-38(69)26(49)20-32(50)64)43(74)54-21-33(65)56-27(12-7-9-17-47)40(71)59-30(15-16-34(66)67)39(70)55-25(5)37(68)57-29(14-11-19-53-46(51)52)41(72)58-28(13-8-10-18-48)42(73)60-31(22-63)45(76)77/h23-31,35-36,63H,6-22,47-49H2,1-5H3,(H2,50,64)(H,54,74)(H,55,70)(H,56,65)(H,57,68)(H,58,72)(H,59,71)(H,60,73)(H,61,69)(H,62,75)(H,66,67)(H,76,77)(H4,51,52,53)/t24-,25-,26-,27-,28-,29-,30-,31-,35-,36-/m0/s1. The van der Waals surface area contributed by atoms with Crippen LogP contribution >= 0.6 is 0 Å². The van der Waals surface area contributed by atoms with Gasteiger partial charge in [-0.25, -0.2) is 4.79 Å². The molecule has 77 heavy (non-hydrogen) atoms. The summed E-state index contributed by atoms with van der Waals surface area (Å²) < 4.78 is 0. The molecule has 0 aliphatic heterocycles. The summed E-state index contributed by atoms with van der Waals surface area (Å²) in [5.74, 6) is -13.1. The molecule has 0 rings (SSSR count). The van der Waals surface area contributed by atoms with Crippen molar-refractivity contribution in [1.82, 2.24) is 47.9 Å². The van der Waals surface area contributed by atoms with Crippen LogP contribution in [-0.2, 0) is 57.5 Å². The number of nitrogens with zero attached hydrogens (tertiary/aromatic N) is 1. The van der Waals surface area contributed by atoms with Crippen molar-refractivity contribution in [2.45, 2.75) is 166 Å². The third kappa shape index (κ3) is 28.5. The highest BCUT2D eigenvalue weighted by molar-refractivity contribution is 5.98. The molecule has 0 saturated heterocycles. The van der Waals surface area contributed by atoms with E-state index in [9.17, 15) is 72.9 Å². The number of aliphatic hydroxyl groups excluding tert-OH is 1. The van der Waals surface area contributed by atoms with Gasteiger partial charge in [-0.3, -0.25) is 57.7 Å². The van der Waals surface area contributed by atoms with Crippen molar-refractivity contribution < 1.29 is 72.9 Å². The van der Waals surface area contributed by atoms with Crippen LogP contribution in [0.2, 0.25) is 0 Å². The number of hydrogen-bond donors (Lipinski definition) is 18. The maximum Gasteiger partial charge on any atom is 0.328 e. The molecular formula is C46H84N16O15. The SMILES string of the molecule is CC[C@H](C)[C@H](NC(=O)[C@@H](NC(=O)[C@@H](N)CC(N)=O)C(C)C)C(=O)NCC(=O)N[C@@H](CCCCN)C(=O)N[C@@H](CCC(=O)O)C(=O)N[C@@H](C)C(=O)N[C@@H](CCCN=C(N)N)C(=O)N[C@@H](CCCCN)C(=O)N[C@@H](CO)C(=O)O. The Kier molecular flexibility index (Phi) is 34.0. The maximum atomic E-state index is 13.8. The van der Waals surface area contributed by atoms with Gasteiger partial charge in [-0.2, -0.15) is 0 Å². The fraction of sp³-hybridized carbons (Fsp3) is 0.717. The van der Waals surface area contributed by atoms with E-state index in [1.165, 1.54) is 6.92 Å². The summed E-state index contributed by atoms with van der Waals surface area (Å²) in [6.45, 7) is 6.62. The van der Waals surface area contributed by atoms with Gasteiger partial charge in [-0.15, -0.1) is 0 Å². The molecule has 0 spiro atoms. The molecule has 0 unspecified atom stereocenters. The Bertz CT molecular complexity index is 2020. The van der Waals surface area contributed by atoms with Gasteiger partial charge in [-0.05, 0) is 89.6 Å². The first kappa shape index (κ1) is 69.8. The number of guanidine groups is 1. The van der Waals surface area contributed by atoms with Crippen LogP contribution < -0.4 is 82.3 Å². The van der Waals surface area contributed by atoms with E-state index in [0.29, 0.717) is 25.7 Å². The monoisotopic (exact) mass is 1100 g/mol. The summed E-state index contributed by atoms with van der Waals surface area (Å²) in [5, 5.41) is 50.2. The largest absolute Gasteiger partial charge is 0.481 e. The molecule has 0 bridgehead atoms. The van der Waals surface area contributed by atoms with Gasteiger partial charge >= 0.3 is 11.9 Å². The second-order valence-corrected chi connectivity index (χ2v) is 18.7. The van der Waals surface area contributed by atoms with E-state index in [-0.39, 0.29) is 57.7 Å². The number of rotatable bonds is 40.